The van der Waals surface area contributed by atoms with Gasteiger partial charge in [0.05, 0.1) is 0 Å². The number of allylic oxidation sites excluding steroid dienone is 4. The van der Waals surface area contributed by atoms with Gasteiger partial charge in [0, 0.05) is 0 Å². The first kappa shape index (κ1) is 20.5. The van der Waals surface area contributed by atoms with Crippen LogP contribution in [0.3, 0.4) is 0 Å². The topological polar surface area (TPSA) is 0 Å². The van der Waals surface area contributed by atoms with E-state index >= 15 is 0 Å². The Morgan fingerprint density at radius 1 is 0.929 bits per heavy atom. The second kappa shape index (κ2) is 7.19. The van der Waals surface area contributed by atoms with Gasteiger partial charge in [0.25, 0.3) is 0 Å². The molecule has 0 saturated carbocycles. The molecule has 0 heterocycles. The van der Waals surface area contributed by atoms with Gasteiger partial charge in [0.2, 0.25) is 0 Å². The third-order valence-electron chi connectivity index (χ3n) is 6.45. The second-order valence-electron chi connectivity index (χ2n) is 8.68. The van der Waals surface area contributed by atoms with Gasteiger partial charge in [-0.1, -0.05) is 0 Å². The van der Waals surface area contributed by atoms with Crippen molar-refractivity contribution in [3.8, 4) is 11.1 Å². The van der Waals surface area contributed by atoms with Crippen molar-refractivity contribution in [2.45, 2.75) is 40.4 Å². The van der Waals surface area contributed by atoms with Crippen molar-refractivity contribution in [3.63, 3.8) is 0 Å². The molecular weight excluding hydrogens is 462 g/mol. The molecule has 0 spiro atoms. The van der Waals surface area contributed by atoms with Crippen molar-refractivity contribution in [1.29, 1.82) is 0 Å². The molecule has 2 aromatic rings. The van der Waals surface area contributed by atoms with Crippen LogP contribution >= 0.6 is 17.0 Å². The normalized spacial score (nSPS) is 17.8. The summed E-state index contributed by atoms with van der Waals surface area (Å²) in [5.74, 6) is 0.330. The first-order valence-corrected chi connectivity index (χ1v) is 20.7. The first-order valence-electron chi connectivity index (χ1n) is 10.3. The van der Waals surface area contributed by atoms with E-state index in [1.807, 2.05) is 0 Å². The van der Waals surface area contributed by atoms with E-state index in [-0.39, 0.29) is 6.75 Å². The maximum atomic E-state index is 8.01. The van der Waals surface area contributed by atoms with Crippen LogP contribution in [0.4, 0.5) is 0 Å². The van der Waals surface area contributed by atoms with Crippen molar-refractivity contribution >= 4 is 20.7 Å². The molecule has 146 valence electrons. The summed E-state index contributed by atoms with van der Waals surface area (Å²) in [5.41, 5.74) is 5.19. The van der Waals surface area contributed by atoms with Gasteiger partial charge in [-0.3, -0.25) is 0 Å². The molecule has 4 rings (SSSR count). The molecule has 3 heteroatoms. The number of hydrogen-bond acceptors (Lipinski definition) is 0. The van der Waals surface area contributed by atoms with Crippen molar-refractivity contribution in [2.75, 3.05) is 0 Å². The molecule has 2 aliphatic carbocycles. The summed E-state index contributed by atoms with van der Waals surface area (Å²) >= 11 is -4.67. The fraction of sp³-hybridized carbons (Fsp3) is 0.320. The third-order valence-corrected chi connectivity index (χ3v) is 27.8. The Bertz CT molecular complexity index is 979. The molecule has 0 bridgehead atoms. The molecule has 28 heavy (non-hydrogen) atoms. The van der Waals surface area contributed by atoms with E-state index in [0.717, 1.165) is 12.8 Å². The molecular formula is C25H28Cl2Zr. The van der Waals surface area contributed by atoms with Crippen LogP contribution < -0.4 is 0 Å². The van der Waals surface area contributed by atoms with Crippen LogP contribution in [-0.2, 0) is 15.9 Å². The molecule has 0 fully saturated rings. The Kier molecular flexibility index (Phi) is 5.27. The summed E-state index contributed by atoms with van der Waals surface area (Å²) in [5, 5.41) is 0. The van der Waals surface area contributed by atoms with Gasteiger partial charge in [-0.15, -0.1) is 0 Å². The summed E-state index contributed by atoms with van der Waals surface area (Å²) in [7, 11) is 16.0. The van der Waals surface area contributed by atoms with Crippen LogP contribution in [0.2, 0.25) is 3.12 Å². The minimum atomic E-state index is -4.67. The van der Waals surface area contributed by atoms with E-state index < -0.39 is 15.9 Å². The van der Waals surface area contributed by atoms with E-state index in [1.165, 1.54) is 22.3 Å². The van der Waals surface area contributed by atoms with Crippen LogP contribution in [0.5, 0.6) is 0 Å². The van der Waals surface area contributed by atoms with Crippen molar-refractivity contribution in [2.24, 2.45) is 5.92 Å². The van der Waals surface area contributed by atoms with Gasteiger partial charge in [-0.25, -0.2) is 0 Å². The second-order valence-corrected chi connectivity index (χ2v) is 29.7. The Labute approximate surface area is 177 Å². The minimum absolute atomic E-state index is 0.0681. The molecule has 0 radical (unpaired) electrons. The molecule has 0 saturated heterocycles. The Morgan fingerprint density at radius 2 is 1.43 bits per heavy atom. The van der Waals surface area contributed by atoms with Crippen molar-refractivity contribution in [3.05, 3.63) is 84.0 Å². The van der Waals surface area contributed by atoms with Gasteiger partial charge in [-0.2, -0.15) is 0 Å². The molecule has 0 aromatic heterocycles. The van der Waals surface area contributed by atoms with E-state index in [1.54, 1.807) is 0 Å². The standard InChI is InChI=1S/C13H9.C8H11.C4H8.2ClH.Zr/c1-3-7-12-10(5-1)9-11-6-2-4-8-13(11)12;1-2-5-8-6-3-4-7-8;1-4(2)3;;;/h1-9H;3-4,6-7H,2,5H2,1H3;1,4H,2-3H3;2*1H;/q;;;;;+2/p-2. The molecule has 0 amide bonds. The van der Waals surface area contributed by atoms with Gasteiger partial charge in [0.15, 0.2) is 0 Å². The van der Waals surface area contributed by atoms with Crippen LogP contribution in [0.25, 0.3) is 11.1 Å². The maximum absolute atomic E-state index is 8.01. The SMILES string of the molecule is CCC[C]1([Zr]([Cl])([Cl])(=[CH]C(C)C)[CH]2c3ccccc3-c3ccccc32)C=CC=C1. The van der Waals surface area contributed by atoms with Crippen LogP contribution in [0.15, 0.2) is 72.8 Å². The predicted octanol–water partition coefficient (Wildman–Crippen LogP) is 8.30. The van der Waals surface area contributed by atoms with Crippen LogP contribution in [-0.4, -0.2) is 3.71 Å². The van der Waals surface area contributed by atoms with E-state index in [9.17, 15) is 0 Å². The molecule has 0 N–H and O–H groups in total. The number of fused-ring (bicyclic) bond motifs is 3. The van der Waals surface area contributed by atoms with E-state index in [2.05, 4.69) is 97.3 Å². The summed E-state index contributed by atoms with van der Waals surface area (Å²) in [6.07, 6.45) is 11.0. The van der Waals surface area contributed by atoms with Crippen LogP contribution in [0, 0.1) is 5.92 Å². The van der Waals surface area contributed by atoms with Crippen molar-refractivity contribution in [1.82, 2.24) is 0 Å². The molecule has 0 aliphatic heterocycles. The number of rotatable bonds is 5. The Balaban J connectivity index is 2.11. The predicted molar refractivity (Wildman–Crippen MR) is 122 cm³/mol. The molecule has 0 unspecified atom stereocenters. The Hall–Kier alpha value is -0.747. The zero-order chi connectivity index (χ0) is 20.0. The average molecular weight is 491 g/mol. The number of hydrogen-bond donors (Lipinski definition) is 0. The van der Waals surface area contributed by atoms with Gasteiger partial charge in [0.1, 0.15) is 0 Å². The zero-order valence-electron chi connectivity index (χ0n) is 16.8. The van der Waals surface area contributed by atoms with E-state index in [4.69, 9.17) is 17.0 Å². The summed E-state index contributed by atoms with van der Waals surface area (Å²) < 4.78 is 2.21. The van der Waals surface area contributed by atoms with Gasteiger partial charge < -0.3 is 0 Å². The molecule has 0 atom stereocenters. The third kappa shape index (κ3) is 2.85. The summed E-state index contributed by atoms with van der Waals surface area (Å²) in [6, 6.07) is 17.4. The van der Waals surface area contributed by atoms with E-state index in [0.29, 0.717) is 5.92 Å². The first-order chi connectivity index (χ1) is 13.3. The molecule has 2 aliphatic rings. The average Bonchev–Trinajstić information content (AvgIpc) is 3.25. The molecule has 0 nitrogen and oxygen atoms in total. The number of halogens is 2. The quantitative estimate of drug-likeness (QED) is 0.395. The van der Waals surface area contributed by atoms with Crippen LogP contribution in [0.1, 0.15) is 48.4 Å². The number of benzene rings is 2. The zero-order valence-corrected chi connectivity index (χ0v) is 20.8. The van der Waals surface area contributed by atoms with Crippen molar-refractivity contribution < 1.29 is 15.9 Å². The van der Waals surface area contributed by atoms with Gasteiger partial charge in [-0.05, 0) is 0 Å². The summed E-state index contributed by atoms with van der Waals surface area (Å²) in [6.45, 7) is 6.66. The fourth-order valence-corrected chi connectivity index (χ4v) is 27.3. The fourth-order valence-electron chi connectivity index (χ4n) is 5.50. The summed E-state index contributed by atoms with van der Waals surface area (Å²) in [4.78, 5) is 0. The molecule has 2 aromatic carbocycles. The monoisotopic (exact) mass is 488 g/mol. The van der Waals surface area contributed by atoms with Gasteiger partial charge >= 0.3 is 178 Å². The Morgan fingerprint density at radius 3 is 1.89 bits per heavy atom.